The van der Waals surface area contributed by atoms with Gasteiger partial charge in [-0.25, -0.2) is 9.78 Å². The van der Waals surface area contributed by atoms with E-state index in [1.54, 1.807) is 0 Å². The average molecular weight is 326 g/mol. The van der Waals surface area contributed by atoms with Crippen molar-refractivity contribution >= 4 is 23.0 Å². The number of carbonyl (C=O) groups is 2. The highest BCUT2D eigenvalue weighted by molar-refractivity contribution is 6.00. The van der Waals surface area contributed by atoms with Crippen molar-refractivity contribution in [1.29, 1.82) is 0 Å². The molecule has 2 aliphatic rings. The van der Waals surface area contributed by atoms with Crippen molar-refractivity contribution in [3.63, 3.8) is 0 Å². The number of rotatable bonds is 4. The molecule has 1 aromatic heterocycles. The minimum atomic E-state index is -0.338. The molecule has 1 N–H and O–H groups in total. The minimum Gasteiger partial charge on any atom is -0.337 e. The SMILES string of the molecule is O=C1NCC2(CCCC2)C(=O)N1CCCn1cnc2ccccc21. The van der Waals surface area contributed by atoms with E-state index in [1.165, 1.54) is 4.90 Å². The maximum Gasteiger partial charge on any atom is 0.324 e. The van der Waals surface area contributed by atoms with Gasteiger partial charge in [0.1, 0.15) is 0 Å². The fraction of sp³-hybridized carbons (Fsp3) is 0.500. The van der Waals surface area contributed by atoms with E-state index in [2.05, 4.69) is 14.9 Å². The normalized spacial score (nSPS) is 20.1. The molecule has 3 amide bonds. The predicted octanol–water partition coefficient (Wildman–Crippen LogP) is 2.54. The van der Waals surface area contributed by atoms with Gasteiger partial charge in [-0.3, -0.25) is 9.69 Å². The Morgan fingerprint density at radius 2 is 1.92 bits per heavy atom. The van der Waals surface area contributed by atoms with Crippen LogP contribution in [0, 0.1) is 5.41 Å². The van der Waals surface area contributed by atoms with Crippen LogP contribution in [0.4, 0.5) is 4.79 Å². The molecule has 0 unspecified atom stereocenters. The van der Waals surface area contributed by atoms with E-state index in [0.29, 0.717) is 13.1 Å². The van der Waals surface area contributed by atoms with Gasteiger partial charge in [0, 0.05) is 19.6 Å². The highest BCUT2D eigenvalue weighted by Crippen LogP contribution is 2.40. The Bertz CT molecular complexity index is 776. The standard InChI is InChI=1S/C18H22N4O2/c23-16-18(8-3-4-9-18)12-19-17(24)22(16)11-5-10-21-13-20-14-6-1-2-7-15(14)21/h1-2,6-7,13H,3-5,8-12H2,(H,19,24). The Labute approximate surface area is 140 Å². The zero-order chi connectivity index (χ0) is 16.6. The zero-order valence-corrected chi connectivity index (χ0v) is 13.7. The third-order valence-electron chi connectivity index (χ3n) is 5.39. The van der Waals surface area contributed by atoms with Crippen LogP contribution in [0.15, 0.2) is 30.6 Å². The lowest BCUT2D eigenvalue weighted by Crippen LogP contribution is -2.60. The molecular formula is C18H22N4O2. The molecule has 0 atom stereocenters. The third kappa shape index (κ3) is 2.46. The first kappa shape index (κ1) is 15.2. The Kier molecular flexibility index (Phi) is 3.75. The molecule has 1 aromatic carbocycles. The summed E-state index contributed by atoms with van der Waals surface area (Å²) in [6, 6.07) is 7.74. The number of urea groups is 1. The monoisotopic (exact) mass is 326 g/mol. The molecule has 1 spiro atoms. The van der Waals surface area contributed by atoms with E-state index in [-0.39, 0.29) is 17.4 Å². The maximum absolute atomic E-state index is 12.8. The minimum absolute atomic E-state index is 0.0271. The number of hydrogen-bond acceptors (Lipinski definition) is 3. The summed E-state index contributed by atoms with van der Waals surface area (Å²) in [5, 5.41) is 2.92. The van der Waals surface area contributed by atoms with Crippen LogP contribution < -0.4 is 5.32 Å². The lowest BCUT2D eigenvalue weighted by atomic mass is 9.83. The van der Waals surface area contributed by atoms with Gasteiger partial charge in [-0.05, 0) is 31.4 Å². The predicted molar refractivity (Wildman–Crippen MR) is 90.4 cm³/mol. The molecule has 2 aromatic rings. The Morgan fingerprint density at radius 3 is 2.75 bits per heavy atom. The van der Waals surface area contributed by atoms with Gasteiger partial charge in [0.15, 0.2) is 0 Å². The molecule has 6 nitrogen and oxygen atoms in total. The fourth-order valence-corrected chi connectivity index (χ4v) is 4.03. The number of carbonyl (C=O) groups excluding carboxylic acids is 2. The van der Waals surface area contributed by atoms with Gasteiger partial charge < -0.3 is 9.88 Å². The number of imidazole rings is 1. The number of benzene rings is 1. The lowest BCUT2D eigenvalue weighted by molar-refractivity contribution is -0.140. The van der Waals surface area contributed by atoms with Gasteiger partial charge in [-0.2, -0.15) is 0 Å². The largest absolute Gasteiger partial charge is 0.337 e. The van der Waals surface area contributed by atoms with Crippen molar-refractivity contribution in [2.75, 3.05) is 13.1 Å². The number of amides is 3. The van der Waals surface area contributed by atoms with Crippen molar-refractivity contribution in [1.82, 2.24) is 19.8 Å². The fourth-order valence-electron chi connectivity index (χ4n) is 4.03. The second-order valence-corrected chi connectivity index (χ2v) is 6.88. The lowest BCUT2D eigenvalue weighted by Gasteiger charge is -2.38. The first-order valence-corrected chi connectivity index (χ1v) is 8.69. The summed E-state index contributed by atoms with van der Waals surface area (Å²) in [5.74, 6) is 0.0271. The Morgan fingerprint density at radius 1 is 1.12 bits per heavy atom. The van der Waals surface area contributed by atoms with Crippen molar-refractivity contribution in [3.05, 3.63) is 30.6 Å². The number of imide groups is 1. The summed E-state index contributed by atoms with van der Waals surface area (Å²) < 4.78 is 2.08. The second-order valence-electron chi connectivity index (χ2n) is 6.88. The van der Waals surface area contributed by atoms with Crippen molar-refractivity contribution in [2.45, 2.75) is 38.6 Å². The van der Waals surface area contributed by atoms with Crippen molar-refractivity contribution in [3.8, 4) is 0 Å². The summed E-state index contributed by atoms with van der Waals surface area (Å²) in [6.45, 7) is 1.71. The van der Waals surface area contributed by atoms with Crippen LogP contribution in [-0.2, 0) is 11.3 Å². The molecular weight excluding hydrogens is 304 g/mol. The molecule has 0 bridgehead atoms. The quantitative estimate of drug-likeness (QED) is 0.939. The average Bonchev–Trinajstić information content (AvgIpc) is 3.23. The molecule has 1 aliphatic heterocycles. The zero-order valence-electron chi connectivity index (χ0n) is 13.7. The van der Waals surface area contributed by atoms with Gasteiger partial charge in [-0.15, -0.1) is 0 Å². The number of nitrogens with zero attached hydrogens (tertiary/aromatic N) is 3. The van der Waals surface area contributed by atoms with Crippen molar-refractivity contribution < 1.29 is 9.59 Å². The van der Waals surface area contributed by atoms with E-state index in [0.717, 1.165) is 49.7 Å². The van der Waals surface area contributed by atoms with Gasteiger partial charge in [0.25, 0.3) is 0 Å². The van der Waals surface area contributed by atoms with E-state index in [4.69, 9.17) is 0 Å². The summed E-state index contributed by atoms with van der Waals surface area (Å²) in [4.78, 5) is 30.7. The molecule has 4 rings (SSSR count). The summed E-state index contributed by atoms with van der Waals surface area (Å²) >= 11 is 0. The van der Waals surface area contributed by atoms with Crippen molar-refractivity contribution in [2.24, 2.45) is 5.41 Å². The summed E-state index contributed by atoms with van der Waals surface area (Å²) in [5.41, 5.74) is 1.71. The molecule has 1 saturated carbocycles. The van der Waals surface area contributed by atoms with Gasteiger partial charge in [0.2, 0.25) is 5.91 Å². The summed E-state index contributed by atoms with van der Waals surface area (Å²) in [6.07, 6.45) is 6.51. The number of aryl methyl sites for hydroxylation is 1. The van der Waals surface area contributed by atoms with Crippen LogP contribution in [0.3, 0.4) is 0 Å². The molecule has 126 valence electrons. The van der Waals surface area contributed by atoms with Crippen LogP contribution in [0.25, 0.3) is 11.0 Å². The molecule has 1 saturated heterocycles. The second kappa shape index (κ2) is 5.92. The van der Waals surface area contributed by atoms with Crippen LogP contribution in [0.2, 0.25) is 0 Å². The maximum atomic E-state index is 12.8. The molecule has 0 radical (unpaired) electrons. The first-order chi connectivity index (χ1) is 11.7. The topological polar surface area (TPSA) is 67.2 Å². The molecule has 6 heteroatoms. The highest BCUT2D eigenvalue weighted by Gasteiger charge is 2.48. The molecule has 1 aliphatic carbocycles. The van der Waals surface area contributed by atoms with Gasteiger partial charge >= 0.3 is 6.03 Å². The van der Waals surface area contributed by atoms with E-state index < -0.39 is 0 Å². The number of fused-ring (bicyclic) bond motifs is 1. The molecule has 2 heterocycles. The third-order valence-corrected chi connectivity index (χ3v) is 5.39. The number of para-hydroxylation sites is 2. The summed E-state index contributed by atoms with van der Waals surface area (Å²) in [7, 11) is 0. The van der Waals surface area contributed by atoms with E-state index in [1.807, 2.05) is 30.6 Å². The van der Waals surface area contributed by atoms with Crippen LogP contribution in [-0.4, -0.2) is 39.5 Å². The van der Waals surface area contributed by atoms with Crippen LogP contribution >= 0.6 is 0 Å². The van der Waals surface area contributed by atoms with Crippen LogP contribution in [0.1, 0.15) is 32.1 Å². The Balaban J connectivity index is 1.43. The first-order valence-electron chi connectivity index (χ1n) is 8.69. The highest BCUT2D eigenvalue weighted by atomic mass is 16.2. The van der Waals surface area contributed by atoms with Gasteiger partial charge in [0.05, 0.1) is 22.8 Å². The molecule has 2 fully saturated rings. The Hall–Kier alpha value is -2.37. The van der Waals surface area contributed by atoms with E-state index >= 15 is 0 Å². The number of nitrogens with one attached hydrogen (secondary N) is 1. The van der Waals surface area contributed by atoms with E-state index in [9.17, 15) is 9.59 Å². The smallest absolute Gasteiger partial charge is 0.324 e. The number of aromatic nitrogens is 2. The van der Waals surface area contributed by atoms with Crippen LogP contribution in [0.5, 0.6) is 0 Å². The van der Waals surface area contributed by atoms with Gasteiger partial charge in [-0.1, -0.05) is 25.0 Å². The molecule has 24 heavy (non-hydrogen) atoms. The number of hydrogen-bond donors (Lipinski definition) is 1.